The lowest BCUT2D eigenvalue weighted by molar-refractivity contribution is 0.1000. The van der Waals surface area contributed by atoms with Crippen molar-refractivity contribution < 1.29 is 4.79 Å². The van der Waals surface area contributed by atoms with Gasteiger partial charge in [-0.25, -0.2) is 0 Å². The number of nitrogens with zero attached hydrogens (tertiary/aromatic N) is 3. The van der Waals surface area contributed by atoms with Crippen LogP contribution in [0.5, 0.6) is 0 Å². The molecule has 2 atom stereocenters. The van der Waals surface area contributed by atoms with Crippen LogP contribution in [0.4, 0.5) is 0 Å². The molecule has 1 heterocycles. The molecule has 2 aromatic rings. The van der Waals surface area contributed by atoms with Gasteiger partial charge >= 0.3 is 0 Å². The number of carbonyl (C=O) groups excluding carboxylic acids is 1. The Hall–Kier alpha value is -1.92. The van der Waals surface area contributed by atoms with Gasteiger partial charge in [0, 0.05) is 12.0 Å². The van der Waals surface area contributed by atoms with Gasteiger partial charge in [-0.3, -0.25) is 4.79 Å². The third-order valence-electron chi connectivity index (χ3n) is 3.92. The van der Waals surface area contributed by atoms with Gasteiger partial charge in [-0.15, -0.1) is 12.4 Å². The summed E-state index contributed by atoms with van der Waals surface area (Å²) in [5.74, 6) is -0.263. The van der Waals surface area contributed by atoms with Gasteiger partial charge < -0.3 is 11.5 Å². The number of para-hydroxylation sites is 1. The first-order valence-electron chi connectivity index (χ1n) is 6.73. The number of rotatable bonds is 3. The Morgan fingerprint density at radius 2 is 1.95 bits per heavy atom. The summed E-state index contributed by atoms with van der Waals surface area (Å²) in [6.07, 6.45) is 6.26. The van der Waals surface area contributed by atoms with Gasteiger partial charge in [-0.2, -0.15) is 15.0 Å². The number of nitrogens with two attached hydrogens (primary N) is 2. The molecule has 112 valence electrons. The van der Waals surface area contributed by atoms with Crippen LogP contribution in [0.1, 0.15) is 41.1 Å². The highest BCUT2D eigenvalue weighted by Gasteiger charge is 2.29. The second-order valence-corrected chi connectivity index (χ2v) is 5.13. The predicted octanol–water partition coefficient (Wildman–Crippen LogP) is 1.38. The first-order chi connectivity index (χ1) is 9.68. The van der Waals surface area contributed by atoms with Crippen molar-refractivity contribution in [1.82, 2.24) is 15.0 Å². The summed E-state index contributed by atoms with van der Waals surface area (Å²) in [7, 11) is 0. The van der Waals surface area contributed by atoms with E-state index in [4.69, 9.17) is 11.5 Å². The van der Waals surface area contributed by atoms with Crippen LogP contribution in [0.2, 0.25) is 0 Å². The summed E-state index contributed by atoms with van der Waals surface area (Å²) in [5.41, 5.74) is 13.8. The van der Waals surface area contributed by atoms with E-state index in [0.717, 1.165) is 24.8 Å². The lowest BCUT2D eigenvalue weighted by Gasteiger charge is -2.20. The van der Waals surface area contributed by atoms with E-state index in [1.54, 1.807) is 18.5 Å². The number of primary amides is 1. The predicted molar refractivity (Wildman–Crippen MR) is 81.7 cm³/mol. The smallest absolute Gasteiger partial charge is 0.250 e. The summed E-state index contributed by atoms with van der Waals surface area (Å²) in [4.78, 5) is 13.1. The number of hydrogen-bond donors (Lipinski definition) is 2. The molecule has 4 N–H and O–H groups in total. The third-order valence-corrected chi connectivity index (χ3v) is 3.92. The fourth-order valence-electron chi connectivity index (χ4n) is 2.99. The fraction of sp³-hybridized carbons (Fsp3) is 0.357. The van der Waals surface area contributed by atoms with Crippen LogP contribution in [-0.2, 0) is 0 Å². The number of aromatic nitrogens is 3. The third kappa shape index (κ3) is 2.77. The Balaban J connectivity index is 0.00000161. The minimum atomic E-state index is -0.481. The van der Waals surface area contributed by atoms with E-state index >= 15 is 0 Å². The Labute approximate surface area is 128 Å². The SMILES string of the molecule is Cl.NC(=O)c1cccc([C@@H]2CCC[C@@H]2N)c1-n1nccn1. The maximum absolute atomic E-state index is 11.7. The molecule has 1 aromatic carbocycles. The maximum Gasteiger partial charge on any atom is 0.250 e. The number of amides is 1. The lowest BCUT2D eigenvalue weighted by atomic mass is 9.91. The first kappa shape index (κ1) is 15.5. The standard InChI is InChI=1S/C14H17N5O.ClH/c15-12-6-2-3-9(12)10-4-1-5-11(14(16)20)13(10)19-17-7-8-18-19;/h1,4-5,7-9,12H,2-3,6,15H2,(H2,16,20);1H/t9-,12-;/m0./s1. The summed E-state index contributed by atoms with van der Waals surface area (Å²) < 4.78 is 0. The number of carbonyl (C=O) groups is 1. The van der Waals surface area contributed by atoms with Gasteiger partial charge in [0.25, 0.3) is 5.91 Å². The van der Waals surface area contributed by atoms with E-state index in [2.05, 4.69) is 10.2 Å². The molecule has 1 amide bonds. The van der Waals surface area contributed by atoms with E-state index in [-0.39, 0.29) is 24.4 Å². The van der Waals surface area contributed by atoms with E-state index in [1.807, 2.05) is 12.1 Å². The molecule has 1 saturated carbocycles. The van der Waals surface area contributed by atoms with Gasteiger partial charge in [-0.1, -0.05) is 18.6 Å². The van der Waals surface area contributed by atoms with Crippen LogP contribution in [0.3, 0.4) is 0 Å². The van der Waals surface area contributed by atoms with Crippen molar-refractivity contribution in [3.8, 4) is 5.69 Å². The molecule has 1 fully saturated rings. The molecular formula is C14H18ClN5O. The van der Waals surface area contributed by atoms with Crippen LogP contribution < -0.4 is 11.5 Å². The van der Waals surface area contributed by atoms with Gasteiger partial charge in [0.1, 0.15) is 5.69 Å². The highest BCUT2D eigenvalue weighted by atomic mass is 35.5. The zero-order chi connectivity index (χ0) is 14.1. The molecule has 1 aliphatic rings. The Morgan fingerprint density at radius 3 is 2.52 bits per heavy atom. The topological polar surface area (TPSA) is 99.8 Å². The van der Waals surface area contributed by atoms with E-state index in [0.29, 0.717) is 11.3 Å². The Bertz CT molecular complexity index is 628. The molecule has 0 radical (unpaired) electrons. The normalized spacial score (nSPS) is 21.0. The highest BCUT2D eigenvalue weighted by molar-refractivity contribution is 5.97. The molecule has 0 bridgehead atoms. The van der Waals surface area contributed by atoms with Gasteiger partial charge in [0.2, 0.25) is 0 Å². The van der Waals surface area contributed by atoms with Crippen LogP contribution in [0, 0.1) is 0 Å². The molecule has 7 heteroatoms. The molecule has 0 spiro atoms. The van der Waals surface area contributed by atoms with Crippen molar-refractivity contribution in [1.29, 1.82) is 0 Å². The maximum atomic E-state index is 11.7. The van der Waals surface area contributed by atoms with Crippen molar-refractivity contribution in [3.05, 3.63) is 41.7 Å². The first-order valence-corrected chi connectivity index (χ1v) is 6.73. The van der Waals surface area contributed by atoms with E-state index < -0.39 is 5.91 Å². The molecule has 0 saturated heterocycles. The summed E-state index contributed by atoms with van der Waals surface area (Å²) >= 11 is 0. The fourth-order valence-corrected chi connectivity index (χ4v) is 2.99. The van der Waals surface area contributed by atoms with Crippen molar-refractivity contribution in [2.75, 3.05) is 0 Å². The average Bonchev–Trinajstić information content (AvgIpc) is 3.08. The van der Waals surface area contributed by atoms with Crippen LogP contribution in [0.25, 0.3) is 5.69 Å². The van der Waals surface area contributed by atoms with Crippen molar-refractivity contribution >= 4 is 18.3 Å². The summed E-state index contributed by atoms with van der Waals surface area (Å²) in [6, 6.07) is 5.63. The monoisotopic (exact) mass is 307 g/mol. The Morgan fingerprint density at radius 1 is 1.24 bits per heavy atom. The van der Waals surface area contributed by atoms with Gasteiger partial charge in [0.05, 0.1) is 18.0 Å². The zero-order valence-corrected chi connectivity index (χ0v) is 12.3. The second-order valence-electron chi connectivity index (χ2n) is 5.13. The molecule has 0 unspecified atom stereocenters. The van der Waals surface area contributed by atoms with Crippen LogP contribution in [0.15, 0.2) is 30.6 Å². The van der Waals surface area contributed by atoms with Crippen molar-refractivity contribution in [3.63, 3.8) is 0 Å². The van der Waals surface area contributed by atoms with Crippen LogP contribution in [-0.4, -0.2) is 26.9 Å². The highest BCUT2D eigenvalue weighted by Crippen LogP contribution is 2.37. The summed E-state index contributed by atoms with van der Waals surface area (Å²) in [5, 5.41) is 8.29. The van der Waals surface area contributed by atoms with Crippen molar-refractivity contribution in [2.24, 2.45) is 11.5 Å². The summed E-state index contributed by atoms with van der Waals surface area (Å²) in [6.45, 7) is 0. The van der Waals surface area contributed by atoms with E-state index in [9.17, 15) is 4.79 Å². The minimum Gasteiger partial charge on any atom is -0.366 e. The molecular weight excluding hydrogens is 290 g/mol. The number of halogens is 1. The Kier molecular flexibility index (Phi) is 4.59. The average molecular weight is 308 g/mol. The zero-order valence-electron chi connectivity index (χ0n) is 11.5. The molecule has 1 aromatic heterocycles. The van der Waals surface area contributed by atoms with Crippen molar-refractivity contribution in [2.45, 2.75) is 31.2 Å². The van der Waals surface area contributed by atoms with Gasteiger partial charge in [0.15, 0.2) is 0 Å². The molecule has 21 heavy (non-hydrogen) atoms. The second kappa shape index (κ2) is 6.24. The van der Waals surface area contributed by atoms with Crippen LogP contribution >= 0.6 is 12.4 Å². The van der Waals surface area contributed by atoms with E-state index in [1.165, 1.54) is 4.80 Å². The molecule has 0 aliphatic heterocycles. The molecule has 1 aliphatic carbocycles. The molecule has 3 rings (SSSR count). The largest absolute Gasteiger partial charge is 0.366 e. The van der Waals surface area contributed by atoms with Gasteiger partial charge in [-0.05, 0) is 24.5 Å². The number of hydrogen-bond acceptors (Lipinski definition) is 4. The lowest BCUT2D eigenvalue weighted by Crippen LogP contribution is -2.25. The molecule has 6 nitrogen and oxygen atoms in total. The minimum absolute atomic E-state index is 0. The quantitative estimate of drug-likeness (QED) is 0.894. The number of benzene rings is 1.